The highest BCUT2D eigenvalue weighted by molar-refractivity contribution is 9.10. The van der Waals surface area contributed by atoms with Crippen LogP contribution >= 0.6 is 15.9 Å². The first-order chi connectivity index (χ1) is 7.83. The summed E-state index contributed by atoms with van der Waals surface area (Å²) in [7, 11) is 1.43. The minimum atomic E-state index is -4.21. The topological polar surface area (TPSA) is 29.3 Å². The van der Waals surface area contributed by atoms with Crippen LogP contribution in [0, 0.1) is 0 Å². The van der Waals surface area contributed by atoms with Gasteiger partial charge in [0.15, 0.2) is 0 Å². The molecule has 0 aliphatic rings. The van der Waals surface area contributed by atoms with Gasteiger partial charge in [0.1, 0.15) is 6.54 Å². The zero-order valence-corrected chi connectivity index (χ0v) is 11.0. The standard InChI is InChI=1S/C11H14BrF3N2/c1-17(7-11(13,14)15)10-6-9(12)3-2-8(10)4-5-16/h2-3,6H,4-5,7,16H2,1H3. The number of halogens is 4. The van der Waals surface area contributed by atoms with Crippen LogP contribution in [-0.2, 0) is 6.42 Å². The van der Waals surface area contributed by atoms with Crippen LogP contribution in [0.4, 0.5) is 18.9 Å². The second kappa shape index (κ2) is 5.73. The Morgan fingerprint density at radius 3 is 2.53 bits per heavy atom. The van der Waals surface area contributed by atoms with Gasteiger partial charge in [0, 0.05) is 17.2 Å². The molecular weight excluding hydrogens is 297 g/mol. The summed E-state index contributed by atoms with van der Waals surface area (Å²) >= 11 is 3.26. The van der Waals surface area contributed by atoms with E-state index >= 15 is 0 Å². The predicted octanol–water partition coefficient (Wildman–Crippen LogP) is 2.95. The van der Waals surface area contributed by atoms with E-state index in [0.29, 0.717) is 18.7 Å². The van der Waals surface area contributed by atoms with E-state index < -0.39 is 12.7 Å². The largest absolute Gasteiger partial charge is 0.405 e. The van der Waals surface area contributed by atoms with Crippen LogP contribution < -0.4 is 10.6 Å². The number of hydrogen-bond donors (Lipinski definition) is 1. The number of benzene rings is 1. The van der Waals surface area contributed by atoms with E-state index in [-0.39, 0.29) is 0 Å². The molecule has 0 aromatic heterocycles. The third kappa shape index (κ3) is 4.55. The number of nitrogens with zero attached hydrogens (tertiary/aromatic N) is 1. The molecule has 0 amide bonds. The summed E-state index contributed by atoms with van der Waals surface area (Å²) in [5.74, 6) is 0. The molecule has 0 unspecified atom stereocenters. The Hall–Kier alpha value is -0.750. The van der Waals surface area contributed by atoms with Gasteiger partial charge >= 0.3 is 6.18 Å². The maximum Gasteiger partial charge on any atom is 0.405 e. The van der Waals surface area contributed by atoms with E-state index in [1.54, 1.807) is 18.2 Å². The zero-order chi connectivity index (χ0) is 13.1. The molecule has 0 fully saturated rings. The van der Waals surface area contributed by atoms with Crippen LogP contribution in [0.1, 0.15) is 5.56 Å². The smallest absolute Gasteiger partial charge is 0.365 e. The van der Waals surface area contributed by atoms with Crippen LogP contribution in [0.5, 0.6) is 0 Å². The summed E-state index contributed by atoms with van der Waals surface area (Å²) in [6, 6.07) is 5.27. The average Bonchev–Trinajstić information content (AvgIpc) is 2.18. The first kappa shape index (κ1) is 14.3. The molecular formula is C11H14BrF3N2. The van der Waals surface area contributed by atoms with E-state index in [4.69, 9.17) is 5.73 Å². The van der Waals surface area contributed by atoms with Gasteiger partial charge < -0.3 is 10.6 Å². The van der Waals surface area contributed by atoms with Crippen molar-refractivity contribution in [2.24, 2.45) is 5.73 Å². The molecule has 1 aromatic rings. The van der Waals surface area contributed by atoms with Crippen molar-refractivity contribution in [2.45, 2.75) is 12.6 Å². The number of nitrogens with two attached hydrogens (primary N) is 1. The van der Waals surface area contributed by atoms with Gasteiger partial charge in [0.2, 0.25) is 0 Å². The SMILES string of the molecule is CN(CC(F)(F)F)c1cc(Br)ccc1CCN. The maximum absolute atomic E-state index is 12.3. The normalized spacial score (nSPS) is 11.6. The van der Waals surface area contributed by atoms with Crippen LogP contribution in [0.15, 0.2) is 22.7 Å². The van der Waals surface area contributed by atoms with Gasteiger partial charge in [-0.05, 0) is 30.7 Å². The predicted molar refractivity (Wildman–Crippen MR) is 66.2 cm³/mol. The Balaban J connectivity index is 2.97. The molecule has 17 heavy (non-hydrogen) atoms. The molecule has 1 rings (SSSR count). The Morgan fingerprint density at radius 1 is 1.35 bits per heavy atom. The van der Waals surface area contributed by atoms with E-state index in [1.165, 1.54) is 11.9 Å². The maximum atomic E-state index is 12.3. The highest BCUT2D eigenvalue weighted by Gasteiger charge is 2.30. The molecule has 1 aromatic carbocycles. The van der Waals surface area contributed by atoms with Crippen molar-refractivity contribution in [3.8, 4) is 0 Å². The molecule has 2 nitrogen and oxygen atoms in total. The lowest BCUT2D eigenvalue weighted by Crippen LogP contribution is -2.31. The number of anilines is 1. The van der Waals surface area contributed by atoms with Crippen molar-refractivity contribution in [2.75, 3.05) is 25.0 Å². The van der Waals surface area contributed by atoms with Crippen molar-refractivity contribution in [1.82, 2.24) is 0 Å². The third-order valence-electron chi connectivity index (χ3n) is 2.29. The molecule has 0 saturated heterocycles. The molecule has 6 heteroatoms. The van der Waals surface area contributed by atoms with Crippen molar-refractivity contribution in [3.05, 3.63) is 28.2 Å². The van der Waals surface area contributed by atoms with Gasteiger partial charge in [-0.15, -0.1) is 0 Å². The lowest BCUT2D eigenvalue weighted by molar-refractivity contribution is -0.119. The van der Waals surface area contributed by atoms with Gasteiger partial charge in [0.05, 0.1) is 0 Å². The first-order valence-electron chi connectivity index (χ1n) is 5.10. The Labute approximate surface area is 107 Å². The summed E-state index contributed by atoms with van der Waals surface area (Å²) in [5.41, 5.74) is 6.82. The Bertz CT molecular complexity index is 379. The molecule has 0 spiro atoms. The summed E-state index contributed by atoms with van der Waals surface area (Å²) < 4.78 is 37.7. The second-order valence-electron chi connectivity index (χ2n) is 3.78. The van der Waals surface area contributed by atoms with Gasteiger partial charge in [-0.1, -0.05) is 22.0 Å². The van der Waals surface area contributed by atoms with Gasteiger partial charge in [-0.2, -0.15) is 13.2 Å². The van der Waals surface area contributed by atoms with Gasteiger partial charge in [0.25, 0.3) is 0 Å². The van der Waals surface area contributed by atoms with E-state index in [2.05, 4.69) is 15.9 Å². The lowest BCUT2D eigenvalue weighted by Gasteiger charge is -2.24. The van der Waals surface area contributed by atoms with Crippen LogP contribution in [-0.4, -0.2) is 26.3 Å². The molecule has 0 radical (unpaired) electrons. The zero-order valence-electron chi connectivity index (χ0n) is 9.39. The van der Waals surface area contributed by atoms with E-state index in [0.717, 1.165) is 10.0 Å². The van der Waals surface area contributed by atoms with E-state index in [9.17, 15) is 13.2 Å². The molecule has 0 atom stereocenters. The van der Waals surface area contributed by atoms with Crippen molar-refractivity contribution in [1.29, 1.82) is 0 Å². The molecule has 0 aliphatic carbocycles. The fourth-order valence-corrected chi connectivity index (χ4v) is 1.96. The van der Waals surface area contributed by atoms with E-state index in [1.807, 2.05) is 0 Å². The first-order valence-corrected chi connectivity index (χ1v) is 5.89. The molecule has 0 heterocycles. The number of hydrogen-bond acceptors (Lipinski definition) is 2. The summed E-state index contributed by atoms with van der Waals surface area (Å²) in [5, 5.41) is 0. The summed E-state index contributed by atoms with van der Waals surface area (Å²) in [6.45, 7) is -0.560. The Kier molecular flexibility index (Phi) is 4.82. The van der Waals surface area contributed by atoms with Crippen LogP contribution in [0.3, 0.4) is 0 Å². The van der Waals surface area contributed by atoms with Gasteiger partial charge in [-0.3, -0.25) is 0 Å². The highest BCUT2D eigenvalue weighted by atomic mass is 79.9. The summed E-state index contributed by atoms with van der Waals surface area (Å²) in [4.78, 5) is 1.19. The molecule has 2 N–H and O–H groups in total. The molecule has 0 saturated carbocycles. The van der Waals surface area contributed by atoms with Gasteiger partial charge in [-0.25, -0.2) is 0 Å². The monoisotopic (exact) mass is 310 g/mol. The fraction of sp³-hybridized carbons (Fsp3) is 0.455. The Morgan fingerprint density at radius 2 is 2.00 bits per heavy atom. The molecule has 0 aliphatic heterocycles. The van der Waals surface area contributed by atoms with Crippen LogP contribution in [0.25, 0.3) is 0 Å². The van der Waals surface area contributed by atoms with Crippen molar-refractivity contribution in [3.63, 3.8) is 0 Å². The molecule has 0 bridgehead atoms. The van der Waals surface area contributed by atoms with Crippen molar-refractivity contribution >= 4 is 21.6 Å². The lowest BCUT2D eigenvalue weighted by atomic mass is 10.1. The minimum Gasteiger partial charge on any atom is -0.365 e. The fourth-order valence-electron chi connectivity index (χ4n) is 1.61. The number of rotatable bonds is 4. The second-order valence-corrected chi connectivity index (χ2v) is 4.70. The quantitative estimate of drug-likeness (QED) is 0.926. The number of alkyl halides is 3. The third-order valence-corrected chi connectivity index (χ3v) is 2.78. The highest BCUT2D eigenvalue weighted by Crippen LogP contribution is 2.27. The summed E-state index contributed by atoms with van der Waals surface area (Å²) in [6.07, 6.45) is -3.65. The molecule has 96 valence electrons. The minimum absolute atomic E-state index is 0.411. The van der Waals surface area contributed by atoms with Crippen molar-refractivity contribution < 1.29 is 13.2 Å². The average molecular weight is 311 g/mol. The van der Waals surface area contributed by atoms with Crippen LogP contribution in [0.2, 0.25) is 0 Å².